The summed E-state index contributed by atoms with van der Waals surface area (Å²) < 4.78 is 0.522. The lowest BCUT2D eigenvalue weighted by molar-refractivity contribution is -0.385. The summed E-state index contributed by atoms with van der Waals surface area (Å²) in [6.07, 6.45) is 2.38. The highest BCUT2D eigenvalue weighted by molar-refractivity contribution is 9.10. The van der Waals surface area contributed by atoms with Gasteiger partial charge in [0.2, 0.25) is 0 Å². The molecule has 0 amide bonds. The van der Waals surface area contributed by atoms with Crippen molar-refractivity contribution in [1.29, 1.82) is 0 Å². The third-order valence-electron chi connectivity index (χ3n) is 3.10. The second kappa shape index (κ2) is 5.93. The number of nitro benzene ring substituents is 1. The Labute approximate surface area is 119 Å². The molecule has 1 fully saturated rings. The lowest BCUT2D eigenvalue weighted by Gasteiger charge is -2.30. The topological polar surface area (TPSA) is 55.2 Å². The molecule has 1 aromatic rings. The van der Waals surface area contributed by atoms with Gasteiger partial charge >= 0.3 is 0 Å². The molecule has 2 rings (SSSR count). The van der Waals surface area contributed by atoms with Crippen LogP contribution in [0.4, 0.5) is 11.4 Å². The Kier molecular flexibility index (Phi) is 4.50. The van der Waals surface area contributed by atoms with Crippen LogP contribution in [0.3, 0.4) is 0 Å². The quantitative estimate of drug-likeness (QED) is 0.670. The summed E-state index contributed by atoms with van der Waals surface area (Å²) in [5.74, 6) is 1.23. The molecule has 4 nitrogen and oxygen atoms in total. The van der Waals surface area contributed by atoms with Gasteiger partial charge < -0.3 is 5.32 Å². The van der Waals surface area contributed by atoms with Crippen molar-refractivity contribution < 1.29 is 4.92 Å². The highest BCUT2D eigenvalue weighted by Gasteiger charge is 2.22. The standard InChI is InChI=1S/C12H15BrN2O2S/c1-8-11(3-2-6-18-8)14-9-4-5-12(15(16)17)10(13)7-9/h4-5,7-8,11,14H,2-3,6H2,1H3. The summed E-state index contributed by atoms with van der Waals surface area (Å²) in [7, 11) is 0. The molecule has 0 spiro atoms. The second-order valence-corrected chi connectivity index (χ2v) is 6.73. The number of rotatable bonds is 3. The molecule has 0 aliphatic carbocycles. The fourth-order valence-electron chi connectivity index (χ4n) is 2.07. The molecule has 0 bridgehead atoms. The average molecular weight is 331 g/mol. The van der Waals surface area contributed by atoms with Crippen molar-refractivity contribution in [3.63, 3.8) is 0 Å². The van der Waals surface area contributed by atoms with E-state index in [2.05, 4.69) is 28.2 Å². The Bertz CT molecular complexity index is 456. The Morgan fingerprint density at radius 2 is 2.33 bits per heavy atom. The molecular formula is C12H15BrN2O2S. The van der Waals surface area contributed by atoms with E-state index in [0.29, 0.717) is 15.8 Å². The summed E-state index contributed by atoms with van der Waals surface area (Å²) in [4.78, 5) is 10.3. The maximum atomic E-state index is 10.7. The van der Waals surface area contributed by atoms with Crippen LogP contribution >= 0.6 is 27.7 Å². The third kappa shape index (κ3) is 3.17. The predicted octanol–water partition coefficient (Wildman–Crippen LogP) is 4.05. The maximum Gasteiger partial charge on any atom is 0.283 e. The van der Waals surface area contributed by atoms with E-state index < -0.39 is 0 Å². The van der Waals surface area contributed by atoms with Gasteiger partial charge in [-0.05, 0) is 46.7 Å². The molecular weight excluding hydrogens is 316 g/mol. The summed E-state index contributed by atoms with van der Waals surface area (Å²) in [5.41, 5.74) is 1.04. The van der Waals surface area contributed by atoms with E-state index in [1.54, 1.807) is 12.1 Å². The number of hydrogen-bond acceptors (Lipinski definition) is 4. The Hall–Kier alpha value is -0.750. The minimum Gasteiger partial charge on any atom is -0.381 e. The van der Waals surface area contributed by atoms with Crippen molar-refractivity contribution in [3.8, 4) is 0 Å². The van der Waals surface area contributed by atoms with Crippen LogP contribution in [-0.4, -0.2) is 22.0 Å². The molecule has 1 heterocycles. The van der Waals surface area contributed by atoms with Crippen molar-refractivity contribution in [3.05, 3.63) is 32.8 Å². The molecule has 2 unspecified atom stereocenters. The third-order valence-corrected chi connectivity index (χ3v) is 5.12. The van der Waals surface area contributed by atoms with E-state index in [4.69, 9.17) is 0 Å². The molecule has 0 saturated carbocycles. The van der Waals surface area contributed by atoms with Crippen LogP contribution in [0.5, 0.6) is 0 Å². The first-order chi connectivity index (χ1) is 8.58. The molecule has 1 N–H and O–H groups in total. The Balaban J connectivity index is 2.10. The number of thioether (sulfide) groups is 1. The molecule has 1 aliphatic rings. The molecule has 18 heavy (non-hydrogen) atoms. The Morgan fingerprint density at radius 3 is 2.94 bits per heavy atom. The van der Waals surface area contributed by atoms with Crippen LogP contribution in [0.1, 0.15) is 19.8 Å². The van der Waals surface area contributed by atoms with Crippen molar-refractivity contribution in [2.24, 2.45) is 0 Å². The first-order valence-corrected chi connectivity index (χ1v) is 7.74. The highest BCUT2D eigenvalue weighted by Crippen LogP contribution is 2.31. The predicted molar refractivity (Wildman–Crippen MR) is 79.4 cm³/mol. The van der Waals surface area contributed by atoms with Crippen molar-refractivity contribution in [2.45, 2.75) is 31.1 Å². The van der Waals surface area contributed by atoms with Crippen molar-refractivity contribution in [2.75, 3.05) is 11.1 Å². The van der Waals surface area contributed by atoms with Gasteiger partial charge in [-0.25, -0.2) is 0 Å². The lowest BCUT2D eigenvalue weighted by Crippen LogP contribution is -2.32. The van der Waals surface area contributed by atoms with E-state index in [1.165, 1.54) is 18.2 Å². The van der Waals surface area contributed by atoms with E-state index in [1.807, 2.05) is 11.8 Å². The number of hydrogen-bond donors (Lipinski definition) is 1. The number of nitro groups is 1. The monoisotopic (exact) mass is 330 g/mol. The van der Waals surface area contributed by atoms with E-state index >= 15 is 0 Å². The number of halogens is 1. The second-order valence-electron chi connectivity index (χ2n) is 4.39. The molecule has 0 radical (unpaired) electrons. The molecule has 6 heteroatoms. The lowest BCUT2D eigenvalue weighted by atomic mass is 10.1. The van der Waals surface area contributed by atoms with Gasteiger partial charge in [0.05, 0.1) is 9.40 Å². The minimum atomic E-state index is -0.382. The van der Waals surface area contributed by atoms with E-state index in [0.717, 1.165) is 12.1 Å². The van der Waals surface area contributed by atoms with Gasteiger partial charge in [0.1, 0.15) is 0 Å². The number of anilines is 1. The smallest absolute Gasteiger partial charge is 0.283 e. The number of benzene rings is 1. The molecule has 1 saturated heterocycles. The average Bonchev–Trinajstić information content (AvgIpc) is 2.32. The van der Waals surface area contributed by atoms with Gasteiger partial charge in [-0.3, -0.25) is 10.1 Å². The zero-order chi connectivity index (χ0) is 13.1. The van der Waals surface area contributed by atoms with Gasteiger partial charge in [-0.15, -0.1) is 0 Å². The van der Waals surface area contributed by atoms with Crippen LogP contribution < -0.4 is 5.32 Å². The fourth-order valence-corrected chi connectivity index (χ4v) is 3.74. The van der Waals surface area contributed by atoms with Crippen LogP contribution in [0.15, 0.2) is 22.7 Å². The normalized spacial score (nSPS) is 23.7. The summed E-state index contributed by atoms with van der Waals surface area (Å²) in [6, 6.07) is 5.53. The number of nitrogens with one attached hydrogen (secondary N) is 1. The Morgan fingerprint density at radius 1 is 1.56 bits per heavy atom. The fraction of sp³-hybridized carbons (Fsp3) is 0.500. The van der Waals surface area contributed by atoms with Gasteiger partial charge in [0, 0.05) is 23.0 Å². The van der Waals surface area contributed by atoms with Crippen LogP contribution in [0.2, 0.25) is 0 Å². The largest absolute Gasteiger partial charge is 0.381 e. The molecule has 0 aromatic heterocycles. The number of nitrogens with zero attached hydrogens (tertiary/aromatic N) is 1. The molecule has 1 aromatic carbocycles. The molecule has 98 valence electrons. The van der Waals surface area contributed by atoms with Gasteiger partial charge in [-0.1, -0.05) is 6.92 Å². The van der Waals surface area contributed by atoms with Crippen molar-refractivity contribution >= 4 is 39.1 Å². The summed E-state index contributed by atoms with van der Waals surface area (Å²) in [5, 5.41) is 14.8. The van der Waals surface area contributed by atoms with Gasteiger partial charge in [-0.2, -0.15) is 11.8 Å². The maximum absolute atomic E-state index is 10.7. The first kappa shape index (κ1) is 13.7. The van der Waals surface area contributed by atoms with E-state index in [9.17, 15) is 10.1 Å². The minimum absolute atomic E-state index is 0.103. The van der Waals surface area contributed by atoms with Gasteiger partial charge in [0.25, 0.3) is 5.69 Å². The molecule has 2 atom stereocenters. The summed E-state index contributed by atoms with van der Waals surface area (Å²) in [6.45, 7) is 2.22. The summed E-state index contributed by atoms with van der Waals surface area (Å²) >= 11 is 5.22. The zero-order valence-electron chi connectivity index (χ0n) is 10.1. The van der Waals surface area contributed by atoms with Crippen LogP contribution in [0.25, 0.3) is 0 Å². The highest BCUT2D eigenvalue weighted by atomic mass is 79.9. The van der Waals surface area contributed by atoms with E-state index in [-0.39, 0.29) is 10.6 Å². The zero-order valence-corrected chi connectivity index (χ0v) is 12.5. The molecule has 1 aliphatic heterocycles. The SMILES string of the molecule is CC1SCCCC1Nc1ccc([N+](=O)[O-])c(Br)c1. The van der Waals surface area contributed by atoms with Gasteiger partial charge in [0.15, 0.2) is 0 Å². The van der Waals surface area contributed by atoms with Crippen LogP contribution in [0, 0.1) is 10.1 Å². The van der Waals surface area contributed by atoms with Crippen LogP contribution in [-0.2, 0) is 0 Å². The van der Waals surface area contributed by atoms with Crippen molar-refractivity contribution in [1.82, 2.24) is 0 Å². The first-order valence-electron chi connectivity index (χ1n) is 5.90.